The summed E-state index contributed by atoms with van der Waals surface area (Å²) in [5.74, 6) is -0.908. The number of carbonyl (C=O) groups excluding carboxylic acids is 3. The molecule has 0 unspecified atom stereocenters. The maximum Gasteiger partial charge on any atom is 0.310 e. The molecule has 0 radical (unpaired) electrons. The van der Waals surface area contributed by atoms with E-state index >= 15 is 0 Å². The first-order valence-corrected chi connectivity index (χ1v) is 6.85. The molecule has 1 N–H and O–H groups in total. The number of anilines is 1. The first kappa shape index (κ1) is 15.8. The summed E-state index contributed by atoms with van der Waals surface area (Å²) in [5, 5.41) is 2.66. The summed E-state index contributed by atoms with van der Waals surface area (Å²) < 4.78 is 10.5. The number of nitrogens with zero attached hydrogens (tertiary/aromatic N) is 1. The fraction of sp³-hybridized carbons (Fsp3) is 0.400. The molecule has 118 valence electrons. The van der Waals surface area contributed by atoms with Gasteiger partial charge >= 0.3 is 5.97 Å². The highest BCUT2D eigenvalue weighted by molar-refractivity contribution is 5.99. The van der Waals surface area contributed by atoms with E-state index in [0.717, 1.165) is 0 Å². The molecule has 2 rings (SSSR count). The normalized spacial score (nSPS) is 17.6. The van der Waals surface area contributed by atoms with Gasteiger partial charge in [-0.05, 0) is 19.1 Å². The van der Waals surface area contributed by atoms with Crippen LogP contribution in [0.1, 0.15) is 13.3 Å². The molecule has 7 heteroatoms. The number of hydrogen-bond donors (Lipinski definition) is 1. The van der Waals surface area contributed by atoms with Crippen molar-refractivity contribution in [1.29, 1.82) is 0 Å². The van der Waals surface area contributed by atoms with Crippen molar-refractivity contribution in [3.8, 4) is 5.75 Å². The molecule has 1 aliphatic rings. The lowest BCUT2D eigenvalue weighted by atomic mass is 10.1. The van der Waals surface area contributed by atoms with Gasteiger partial charge in [-0.1, -0.05) is 12.1 Å². The zero-order valence-electron chi connectivity index (χ0n) is 12.7. The molecule has 1 aromatic rings. The largest absolute Gasteiger partial charge is 0.478 e. The Bertz CT molecular complexity index is 599. The maximum atomic E-state index is 11.9. The summed E-state index contributed by atoms with van der Waals surface area (Å²) in [6.45, 7) is 1.48. The van der Waals surface area contributed by atoms with Crippen LogP contribution in [-0.2, 0) is 19.1 Å². The van der Waals surface area contributed by atoms with Gasteiger partial charge in [0.15, 0.2) is 12.2 Å². The average molecular weight is 306 g/mol. The number of ether oxygens (including phenoxy) is 2. The average Bonchev–Trinajstić information content (AvgIpc) is 2.46. The van der Waals surface area contributed by atoms with Crippen LogP contribution in [0, 0.1) is 0 Å². The van der Waals surface area contributed by atoms with Crippen LogP contribution in [0.15, 0.2) is 24.3 Å². The zero-order chi connectivity index (χ0) is 16.3. The van der Waals surface area contributed by atoms with Crippen LogP contribution in [0.2, 0.25) is 0 Å². The van der Waals surface area contributed by atoms with Gasteiger partial charge in [0.05, 0.1) is 12.1 Å². The van der Waals surface area contributed by atoms with Crippen molar-refractivity contribution in [2.45, 2.75) is 25.6 Å². The van der Waals surface area contributed by atoms with Gasteiger partial charge in [0.1, 0.15) is 5.75 Å². The summed E-state index contributed by atoms with van der Waals surface area (Å²) in [5.41, 5.74) is 0.563. The predicted molar refractivity (Wildman–Crippen MR) is 78.4 cm³/mol. The molecule has 0 spiro atoms. The van der Waals surface area contributed by atoms with Crippen molar-refractivity contribution in [3.63, 3.8) is 0 Å². The topological polar surface area (TPSA) is 84.9 Å². The molecule has 0 aliphatic carbocycles. The van der Waals surface area contributed by atoms with Crippen molar-refractivity contribution < 1.29 is 23.9 Å². The molecule has 1 heterocycles. The number of benzene rings is 1. The number of rotatable bonds is 4. The maximum absolute atomic E-state index is 11.9. The molecule has 22 heavy (non-hydrogen) atoms. The molecule has 0 saturated carbocycles. The van der Waals surface area contributed by atoms with E-state index in [1.165, 1.54) is 11.8 Å². The lowest BCUT2D eigenvalue weighted by molar-refractivity contribution is -0.160. The molecule has 1 aromatic carbocycles. The highest BCUT2D eigenvalue weighted by Gasteiger charge is 2.31. The minimum absolute atomic E-state index is 0.259. The molecule has 0 bridgehead atoms. The monoisotopic (exact) mass is 306 g/mol. The van der Waals surface area contributed by atoms with Gasteiger partial charge in [0.2, 0.25) is 0 Å². The third-order valence-electron chi connectivity index (χ3n) is 3.16. The van der Waals surface area contributed by atoms with Crippen LogP contribution in [-0.4, -0.2) is 49.0 Å². The third-order valence-corrected chi connectivity index (χ3v) is 3.16. The molecule has 0 aromatic heterocycles. The molecule has 0 fully saturated rings. The molecule has 1 aliphatic heterocycles. The van der Waals surface area contributed by atoms with Crippen molar-refractivity contribution in [2.24, 2.45) is 0 Å². The smallest absolute Gasteiger partial charge is 0.310 e. The first-order chi connectivity index (χ1) is 10.4. The second-order valence-electron chi connectivity index (χ2n) is 5.16. The van der Waals surface area contributed by atoms with Crippen LogP contribution in [0.5, 0.6) is 5.75 Å². The van der Waals surface area contributed by atoms with E-state index in [9.17, 15) is 14.4 Å². The first-order valence-electron chi connectivity index (χ1n) is 6.85. The van der Waals surface area contributed by atoms with E-state index in [4.69, 9.17) is 9.47 Å². The molecular formula is C15H18N2O5. The molecular weight excluding hydrogens is 288 g/mol. The summed E-state index contributed by atoms with van der Waals surface area (Å²) in [6.07, 6.45) is -2.13. The Morgan fingerprint density at radius 3 is 2.73 bits per heavy atom. The number of likely N-dealkylation sites (N-methyl/N-ethyl adjacent to an activating group) is 1. The number of nitrogens with one attached hydrogen (secondary N) is 1. The van der Waals surface area contributed by atoms with E-state index in [1.54, 1.807) is 38.4 Å². The van der Waals surface area contributed by atoms with Crippen molar-refractivity contribution in [2.75, 3.05) is 19.4 Å². The van der Waals surface area contributed by atoms with Crippen molar-refractivity contribution in [3.05, 3.63) is 24.3 Å². The van der Waals surface area contributed by atoms with Gasteiger partial charge in [-0.25, -0.2) is 0 Å². The van der Waals surface area contributed by atoms with Crippen LogP contribution in [0.4, 0.5) is 5.69 Å². The number of hydrogen-bond acceptors (Lipinski definition) is 5. The molecule has 2 atom stereocenters. The minimum atomic E-state index is -0.968. The van der Waals surface area contributed by atoms with Crippen molar-refractivity contribution in [1.82, 2.24) is 4.90 Å². The zero-order valence-corrected chi connectivity index (χ0v) is 12.7. The standard InChI is InChI=1S/C15H18N2O5/c1-9(15(20)17(2)3)21-13(18)8-12-14(19)16-10-6-4-5-7-11(10)22-12/h4-7,9,12H,8H2,1-3H3,(H,16,19)/t9-,12-/m0/s1. The number of fused-ring (bicyclic) bond motifs is 1. The summed E-state index contributed by atoms with van der Waals surface area (Å²) in [7, 11) is 3.14. The van der Waals surface area contributed by atoms with Crippen LogP contribution in [0.3, 0.4) is 0 Å². The Hall–Kier alpha value is -2.57. The second kappa shape index (κ2) is 6.46. The summed E-state index contributed by atoms with van der Waals surface area (Å²) >= 11 is 0. The molecule has 7 nitrogen and oxygen atoms in total. The number of carbonyl (C=O) groups is 3. The van der Waals surface area contributed by atoms with Gasteiger partial charge in [-0.15, -0.1) is 0 Å². The third kappa shape index (κ3) is 3.55. The van der Waals surface area contributed by atoms with Crippen LogP contribution < -0.4 is 10.1 Å². The SMILES string of the molecule is C[C@H](OC(=O)C[C@@H]1Oc2ccccc2NC1=O)C(=O)N(C)C. The van der Waals surface area contributed by atoms with E-state index in [-0.39, 0.29) is 12.3 Å². The quantitative estimate of drug-likeness (QED) is 0.832. The van der Waals surface area contributed by atoms with Gasteiger partial charge in [0.25, 0.3) is 11.8 Å². The molecule has 0 saturated heterocycles. The van der Waals surface area contributed by atoms with Crippen LogP contribution in [0.25, 0.3) is 0 Å². The number of esters is 1. The van der Waals surface area contributed by atoms with E-state index < -0.39 is 24.1 Å². The Balaban J connectivity index is 1.95. The summed E-state index contributed by atoms with van der Waals surface area (Å²) in [6, 6.07) is 6.94. The van der Waals surface area contributed by atoms with Gasteiger partial charge in [-0.2, -0.15) is 0 Å². The number of amides is 2. The van der Waals surface area contributed by atoms with E-state index in [1.807, 2.05) is 0 Å². The predicted octanol–water partition coefficient (Wildman–Crippen LogP) is 0.796. The van der Waals surface area contributed by atoms with Gasteiger partial charge < -0.3 is 19.7 Å². The minimum Gasteiger partial charge on any atom is -0.478 e. The fourth-order valence-electron chi connectivity index (χ4n) is 2.04. The fourth-order valence-corrected chi connectivity index (χ4v) is 2.04. The Morgan fingerprint density at radius 1 is 1.36 bits per heavy atom. The van der Waals surface area contributed by atoms with Gasteiger partial charge in [-0.3, -0.25) is 14.4 Å². The highest BCUT2D eigenvalue weighted by Crippen LogP contribution is 2.29. The second-order valence-corrected chi connectivity index (χ2v) is 5.16. The lowest BCUT2D eigenvalue weighted by Gasteiger charge is -2.25. The number of para-hydroxylation sites is 2. The summed E-state index contributed by atoms with van der Waals surface area (Å²) in [4.78, 5) is 36.7. The van der Waals surface area contributed by atoms with E-state index in [0.29, 0.717) is 11.4 Å². The van der Waals surface area contributed by atoms with Crippen molar-refractivity contribution >= 4 is 23.5 Å². The lowest BCUT2D eigenvalue weighted by Crippen LogP contribution is -2.40. The highest BCUT2D eigenvalue weighted by atomic mass is 16.6. The Morgan fingerprint density at radius 2 is 2.05 bits per heavy atom. The van der Waals surface area contributed by atoms with E-state index in [2.05, 4.69) is 5.32 Å². The Labute approximate surface area is 128 Å². The Kier molecular flexibility index (Phi) is 4.65. The van der Waals surface area contributed by atoms with Crippen LogP contribution >= 0.6 is 0 Å². The molecule has 2 amide bonds. The van der Waals surface area contributed by atoms with Gasteiger partial charge in [0, 0.05) is 14.1 Å².